The molecule has 0 aromatic heterocycles. The number of benzene rings is 5. The van der Waals surface area contributed by atoms with Crippen LogP contribution in [0.4, 0.5) is 0 Å². The first-order valence-corrected chi connectivity index (χ1v) is 19.8. The zero-order valence-corrected chi connectivity index (χ0v) is 32.0. The van der Waals surface area contributed by atoms with Gasteiger partial charge in [0.05, 0.1) is 13.0 Å². The number of methoxy groups -OCH3 is 1. The Morgan fingerprint density at radius 3 is 2.41 bits per heavy atom. The van der Waals surface area contributed by atoms with E-state index in [1.54, 1.807) is 19.3 Å². The van der Waals surface area contributed by atoms with E-state index < -0.39 is 12.0 Å². The first kappa shape index (κ1) is 38.3. The number of ether oxygens (including phenoxy) is 3. The first-order valence-electron chi connectivity index (χ1n) is 19.8. The monoisotopic (exact) mass is 746 g/mol. The molecule has 0 saturated heterocycles. The predicted octanol–water partition coefficient (Wildman–Crippen LogP) is 10.8. The fraction of sp³-hybridized carbons (Fsp3) is 0.300. The Labute approximate surface area is 330 Å². The number of Topliss-reactive ketones (excluding diaryl/α,β-unsaturated/α-hetero) is 1. The third kappa shape index (κ3) is 10.0. The Kier molecular flexibility index (Phi) is 12.7. The van der Waals surface area contributed by atoms with Gasteiger partial charge in [-0.1, -0.05) is 103 Å². The Balaban J connectivity index is 1.20. The van der Waals surface area contributed by atoms with Crippen LogP contribution in [0.2, 0.25) is 0 Å². The summed E-state index contributed by atoms with van der Waals surface area (Å²) in [6.07, 6.45) is 14.6. The molecule has 5 aromatic carbocycles. The van der Waals surface area contributed by atoms with Crippen molar-refractivity contribution >= 4 is 16.6 Å². The van der Waals surface area contributed by atoms with E-state index in [0.29, 0.717) is 43.8 Å². The van der Waals surface area contributed by atoms with Crippen LogP contribution in [0.5, 0.6) is 17.2 Å². The van der Waals surface area contributed by atoms with Crippen molar-refractivity contribution in [1.29, 1.82) is 0 Å². The highest BCUT2D eigenvalue weighted by molar-refractivity contribution is 5.89. The van der Waals surface area contributed by atoms with Crippen LogP contribution in [0.15, 0.2) is 133 Å². The number of carbonyl (C=O) groups is 1. The van der Waals surface area contributed by atoms with Gasteiger partial charge in [0.15, 0.2) is 11.5 Å². The van der Waals surface area contributed by atoms with Crippen molar-refractivity contribution in [3.8, 4) is 29.3 Å². The lowest BCUT2D eigenvalue weighted by molar-refractivity contribution is -0.121. The molecule has 0 amide bonds. The lowest BCUT2D eigenvalue weighted by atomic mass is 9.80. The number of allylic oxidation sites excluding steroid dienone is 3. The van der Waals surface area contributed by atoms with Crippen molar-refractivity contribution in [2.75, 3.05) is 7.11 Å². The average molecular weight is 747 g/mol. The molecule has 0 fully saturated rings. The first-order chi connectivity index (χ1) is 27.4. The second kappa shape index (κ2) is 18.6. The van der Waals surface area contributed by atoms with Gasteiger partial charge in [-0.05, 0) is 120 Å². The number of hydrogen-bond donors (Lipinski definition) is 2. The number of aliphatic hydroxyl groups excluding tert-OH is 1. The molecule has 3 aliphatic rings. The van der Waals surface area contributed by atoms with Gasteiger partial charge in [-0.2, -0.15) is 0 Å². The van der Waals surface area contributed by atoms with Crippen molar-refractivity contribution in [2.24, 2.45) is 11.8 Å². The minimum atomic E-state index is -0.500. The number of aromatic hydroxyl groups is 1. The summed E-state index contributed by atoms with van der Waals surface area (Å²) in [4.78, 5) is 13.7. The Bertz CT molecular complexity index is 2230. The number of phenols is 1. The number of aryl methyl sites for hydroxylation is 2. The summed E-state index contributed by atoms with van der Waals surface area (Å²) in [6.45, 7) is 0.321. The van der Waals surface area contributed by atoms with Gasteiger partial charge >= 0.3 is 0 Å². The van der Waals surface area contributed by atoms with Gasteiger partial charge < -0.3 is 24.4 Å². The van der Waals surface area contributed by atoms with E-state index in [1.165, 1.54) is 5.56 Å². The van der Waals surface area contributed by atoms with Crippen LogP contribution in [-0.2, 0) is 35.4 Å². The minimum Gasteiger partial charge on any atom is -0.508 e. The molecule has 6 bridgehead atoms. The molecule has 0 saturated carbocycles. The summed E-state index contributed by atoms with van der Waals surface area (Å²) in [5, 5.41) is 23.9. The molecular formula is C50H50O6. The van der Waals surface area contributed by atoms with Crippen molar-refractivity contribution in [2.45, 2.75) is 76.4 Å². The smallest absolute Gasteiger partial charge is 0.161 e. The lowest BCUT2D eigenvalue weighted by Gasteiger charge is -2.28. The second-order valence-electron chi connectivity index (χ2n) is 15.0. The normalized spacial score (nSPS) is 19.8. The molecule has 2 aliphatic heterocycles. The minimum absolute atomic E-state index is 0.0179. The quantitative estimate of drug-likeness (QED) is 0.109. The topological polar surface area (TPSA) is 85.2 Å². The van der Waals surface area contributed by atoms with Gasteiger partial charge in [-0.25, -0.2) is 0 Å². The SMILES string of the molecule is COc1ccc2cc1OCc1ccc3c(c(O)ccc3c1)[C@@H](Cc1ccccc1)C#CO[C@@H](C[C@@H]1C=C(O)C=C[C@@H]1CCCCc1ccccc1)CC(=O)CC2. The molecule has 2 N–H and O–H groups in total. The van der Waals surface area contributed by atoms with E-state index in [9.17, 15) is 15.0 Å². The standard InChI is InChI=1S/C50H50O6/c1-54-48-25-18-37-16-21-44(52)33-45(32-42-31-43(51)22-19-39(42)15-9-8-12-35-10-4-2-5-11-35)55-27-26-41(28-36-13-6-3-7-14-36)50-46-23-17-38(34-56-49(48)30-37)29-40(46)20-24-47(50)53/h2-7,10-11,13-14,17-20,22-25,29-31,39,41-42,45,51,53H,8-9,12,15-16,21,28,32-34H2,1H3/t39-,41+,42-,45-/m0/s1. The van der Waals surface area contributed by atoms with E-state index in [2.05, 4.69) is 60.6 Å². The number of aliphatic hydroxyl groups is 1. The fourth-order valence-corrected chi connectivity index (χ4v) is 8.05. The number of hydrogen-bond acceptors (Lipinski definition) is 6. The number of fused-ring (bicyclic) bond motifs is 9. The van der Waals surface area contributed by atoms with Crippen molar-refractivity contribution < 1.29 is 29.2 Å². The van der Waals surface area contributed by atoms with Gasteiger partial charge in [0, 0.05) is 18.4 Å². The number of ketones is 1. The number of rotatable bonds is 10. The summed E-state index contributed by atoms with van der Waals surface area (Å²) < 4.78 is 18.4. The molecule has 0 unspecified atom stereocenters. The van der Waals surface area contributed by atoms with Gasteiger partial charge in [-0.15, -0.1) is 0 Å². The van der Waals surface area contributed by atoms with Gasteiger partial charge in [-0.3, -0.25) is 4.79 Å². The van der Waals surface area contributed by atoms with Crippen molar-refractivity contribution in [3.05, 3.63) is 161 Å². The van der Waals surface area contributed by atoms with Gasteiger partial charge in [0.2, 0.25) is 0 Å². The van der Waals surface area contributed by atoms with Crippen LogP contribution in [0, 0.1) is 23.9 Å². The van der Waals surface area contributed by atoms with E-state index in [1.807, 2.05) is 66.7 Å². The van der Waals surface area contributed by atoms with Gasteiger partial charge in [0.25, 0.3) is 0 Å². The van der Waals surface area contributed by atoms with Crippen LogP contribution in [0.25, 0.3) is 10.8 Å². The van der Waals surface area contributed by atoms with Crippen LogP contribution in [-0.4, -0.2) is 29.2 Å². The third-order valence-corrected chi connectivity index (χ3v) is 11.0. The van der Waals surface area contributed by atoms with Gasteiger partial charge in [0.1, 0.15) is 36.1 Å². The summed E-state index contributed by atoms with van der Waals surface area (Å²) in [6, 6.07) is 36.3. The molecule has 8 rings (SSSR count). The average Bonchev–Trinajstić information content (AvgIpc) is 3.21. The molecule has 1 aliphatic carbocycles. The molecule has 56 heavy (non-hydrogen) atoms. The largest absolute Gasteiger partial charge is 0.508 e. The van der Waals surface area contributed by atoms with Crippen molar-refractivity contribution in [1.82, 2.24) is 0 Å². The highest BCUT2D eigenvalue weighted by Gasteiger charge is 2.27. The van der Waals surface area contributed by atoms with E-state index in [0.717, 1.165) is 58.7 Å². The van der Waals surface area contributed by atoms with Crippen LogP contribution < -0.4 is 9.47 Å². The molecule has 0 spiro atoms. The third-order valence-electron chi connectivity index (χ3n) is 11.0. The zero-order valence-electron chi connectivity index (χ0n) is 32.0. The van der Waals surface area contributed by atoms with Crippen LogP contribution in [0.1, 0.15) is 72.3 Å². The maximum atomic E-state index is 13.7. The number of unbranched alkanes of at least 4 members (excludes halogenated alkanes) is 1. The molecule has 6 nitrogen and oxygen atoms in total. The molecule has 6 heteroatoms. The highest BCUT2D eigenvalue weighted by Crippen LogP contribution is 2.37. The van der Waals surface area contributed by atoms with E-state index in [-0.39, 0.29) is 35.5 Å². The number of phenolic OH excluding ortho intramolecular Hbond substituents is 1. The van der Waals surface area contributed by atoms with Crippen LogP contribution >= 0.6 is 0 Å². The lowest BCUT2D eigenvalue weighted by Crippen LogP contribution is -2.24. The molecule has 2 heterocycles. The summed E-state index contributed by atoms with van der Waals surface area (Å²) in [7, 11) is 1.62. The van der Waals surface area contributed by atoms with Crippen LogP contribution in [0.3, 0.4) is 0 Å². The maximum Gasteiger partial charge on any atom is 0.161 e. The fourth-order valence-electron chi connectivity index (χ4n) is 8.05. The molecular weight excluding hydrogens is 697 g/mol. The maximum absolute atomic E-state index is 13.7. The predicted molar refractivity (Wildman–Crippen MR) is 222 cm³/mol. The molecule has 0 radical (unpaired) electrons. The summed E-state index contributed by atoms with van der Waals surface area (Å²) in [5.74, 6) is 4.89. The zero-order chi connectivity index (χ0) is 38.7. The van der Waals surface area contributed by atoms with Crippen molar-refractivity contribution in [3.63, 3.8) is 0 Å². The Morgan fingerprint density at radius 2 is 1.61 bits per heavy atom. The molecule has 286 valence electrons. The van der Waals surface area contributed by atoms with E-state index in [4.69, 9.17) is 14.2 Å². The number of carbonyl (C=O) groups excluding carboxylic acids is 1. The molecule has 4 atom stereocenters. The molecule has 5 aromatic rings. The second-order valence-corrected chi connectivity index (χ2v) is 15.0. The highest BCUT2D eigenvalue weighted by atomic mass is 16.5. The summed E-state index contributed by atoms with van der Waals surface area (Å²) in [5.41, 5.74) is 5.10. The Hall–Kier alpha value is -5.93. The summed E-state index contributed by atoms with van der Waals surface area (Å²) >= 11 is 0. The Morgan fingerprint density at radius 1 is 0.821 bits per heavy atom. The van der Waals surface area contributed by atoms with E-state index >= 15 is 0 Å².